The number of nitrogens with zero attached hydrogens (tertiary/aromatic N) is 2. The zero-order valence-corrected chi connectivity index (χ0v) is 18.4. The van der Waals surface area contributed by atoms with Gasteiger partial charge in [-0.05, 0) is 102 Å². The molecule has 2 fully saturated rings. The molecule has 0 bridgehead atoms. The van der Waals surface area contributed by atoms with Crippen LogP contribution in [-0.4, -0.2) is 22.8 Å². The van der Waals surface area contributed by atoms with Gasteiger partial charge in [0.2, 0.25) is 5.91 Å². The molecule has 4 aliphatic rings. The third-order valence-corrected chi connectivity index (χ3v) is 9.10. The summed E-state index contributed by atoms with van der Waals surface area (Å²) < 4.78 is 0. The van der Waals surface area contributed by atoms with Gasteiger partial charge in [0, 0.05) is 32.1 Å². The molecule has 0 aromatic carbocycles. The second-order valence-corrected chi connectivity index (χ2v) is 10.6. The number of hydrogen-bond donors (Lipinski definition) is 0. The van der Waals surface area contributed by atoms with Crippen molar-refractivity contribution in [1.29, 1.82) is 0 Å². The molecule has 3 aliphatic carbocycles. The third-order valence-electron chi connectivity index (χ3n) is 9.10. The molecular weight excluding hydrogens is 356 g/mol. The molecule has 2 heterocycles. The number of allylic oxidation sites excluding steroid dienone is 3. The first-order chi connectivity index (χ1) is 13.8. The second-order valence-electron chi connectivity index (χ2n) is 10.6. The Morgan fingerprint density at radius 3 is 2.69 bits per heavy atom. The van der Waals surface area contributed by atoms with Crippen LogP contribution in [0.15, 0.2) is 36.3 Å². The van der Waals surface area contributed by atoms with E-state index < -0.39 is 0 Å². The lowest BCUT2D eigenvalue weighted by molar-refractivity contribution is -0.127. The lowest BCUT2D eigenvalue weighted by Gasteiger charge is -2.57. The van der Waals surface area contributed by atoms with E-state index in [2.05, 4.69) is 50.3 Å². The number of carbonyl (C=O) groups is 1. The summed E-state index contributed by atoms with van der Waals surface area (Å²) in [4.78, 5) is 18.7. The highest BCUT2D eigenvalue weighted by molar-refractivity contribution is 5.77. The van der Waals surface area contributed by atoms with Crippen molar-refractivity contribution in [3.05, 3.63) is 47.4 Å². The summed E-state index contributed by atoms with van der Waals surface area (Å²) >= 11 is 0. The van der Waals surface area contributed by atoms with Gasteiger partial charge in [0.05, 0.1) is 0 Å². The Labute approximate surface area is 175 Å². The smallest absolute Gasteiger partial charge is 0.226 e. The highest BCUT2D eigenvalue weighted by Gasteiger charge is 2.57. The maximum Gasteiger partial charge on any atom is 0.226 e. The number of aryl methyl sites for hydroxylation is 1. The average Bonchev–Trinajstić information content (AvgIpc) is 3.00. The molecule has 3 nitrogen and oxygen atoms in total. The highest BCUT2D eigenvalue weighted by atomic mass is 16.2. The Bertz CT molecular complexity index is 915. The van der Waals surface area contributed by atoms with Gasteiger partial charge in [0.25, 0.3) is 0 Å². The number of rotatable bonds is 1. The summed E-state index contributed by atoms with van der Waals surface area (Å²) in [6.07, 6.45) is 16.6. The Hall–Kier alpha value is -1.90. The molecule has 0 N–H and O–H groups in total. The van der Waals surface area contributed by atoms with Crippen molar-refractivity contribution in [2.24, 2.45) is 28.6 Å². The standard InChI is InChI=1S/C26H34N2O/c1-17-13-18(15-27-14-17)21-7-8-22-20-6-5-19-16-28(4)24(29)10-12-25(19,2)23(20)9-11-26(21,22)3/h7,13-16,20,22-23H,5-6,8-12H2,1-4H3/t20?,22?,23?,25-,26+/m0/s1. The quantitative estimate of drug-likeness (QED) is 0.610. The van der Waals surface area contributed by atoms with E-state index in [1.54, 1.807) is 5.57 Å². The van der Waals surface area contributed by atoms with Crippen molar-refractivity contribution in [3.8, 4) is 0 Å². The second kappa shape index (κ2) is 6.55. The molecule has 5 atom stereocenters. The summed E-state index contributed by atoms with van der Waals surface area (Å²) in [5.41, 5.74) is 6.11. The monoisotopic (exact) mass is 390 g/mol. The van der Waals surface area contributed by atoms with E-state index >= 15 is 0 Å². The van der Waals surface area contributed by atoms with E-state index in [0.29, 0.717) is 12.3 Å². The van der Waals surface area contributed by atoms with Crippen LogP contribution in [0.3, 0.4) is 0 Å². The van der Waals surface area contributed by atoms with Gasteiger partial charge in [0.15, 0.2) is 0 Å². The van der Waals surface area contributed by atoms with Crippen molar-refractivity contribution >= 4 is 11.5 Å². The molecule has 29 heavy (non-hydrogen) atoms. The van der Waals surface area contributed by atoms with E-state index in [1.165, 1.54) is 42.4 Å². The third kappa shape index (κ3) is 2.76. The number of aromatic nitrogens is 1. The minimum absolute atomic E-state index is 0.193. The summed E-state index contributed by atoms with van der Waals surface area (Å²) in [6.45, 7) is 7.13. The van der Waals surface area contributed by atoms with Crippen LogP contribution in [-0.2, 0) is 4.79 Å². The molecule has 154 valence electrons. The van der Waals surface area contributed by atoms with Crippen LogP contribution in [0.25, 0.3) is 5.57 Å². The first-order valence-electron chi connectivity index (χ1n) is 11.4. The summed E-state index contributed by atoms with van der Waals surface area (Å²) in [5, 5.41) is 0. The van der Waals surface area contributed by atoms with Gasteiger partial charge >= 0.3 is 0 Å². The molecule has 3 unspecified atom stereocenters. The van der Waals surface area contributed by atoms with Crippen LogP contribution in [0.4, 0.5) is 0 Å². The summed E-state index contributed by atoms with van der Waals surface area (Å²) in [7, 11) is 1.94. The predicted molar refractivity (Wildman–Crippen MR) is 117 cm³/mol. The maximum absolute atomic E-state index is 12.4. The first kappa shape index (κ1) is 19.1. The number of hydrogen-bond acceptors (Lipinski definition) is 2. The van der Waals surface area contributed by atoms with Crippen LogP contribution in [0.1, 0.15) is 69.9 Å². The topological polar surface area (TPSA) is 33.2 Å². The molecule has 3 heteroatoms. The Kier molecular flexibility index (Phi) is 4.31. The predicted octanol–water partition coefficient (Wildman–Crippen LogP) is 5.76. The molecule has 5 rings (SSSR count). The van der Waals surface area contributed by atoms with Gasteiger partial charge in [-0.3, -0.25) is 9.78 Å². The number of fused-ring (bicyclic) bond motifs is 5. The average molecular weight is 391 g/mol. The molecule has 1 aromatic heterocycles. The number of carbonyl (C=O) groups excluding carboxylic acids is 1. The number of pyridine rings is 1. The molecular formula is C26H34N2O. The summed E-state index contributed by atoms with van der Waals surface area (Å²) in [5.74, 6) is 2.48. The fourth-order valence-electron chi connectivity index (χ4n) is 7.45. The van der Waals surface area contributed by atoms with Crippen LogP contribution in [0.2, 0.25) is 0 Å². The van der Waals surface area contributed by atoms with Crippen molar-refractivity contribution < 1.29 is 4.79 Å². The van der Waals surface area contributed by atoms with Crippen LogP contribution >= 0.6 is 0 Å². The summed E-state index contributed by atoms with van der Waals surface area (Å²) in [6, 6.07) is 2.31. The van der Waals surface area contributed by atoms with Gasteiger partial charge in [-0.15, -0.1) is 0 Å². The Morgan fingerprint density at radius 2 is 1.90 bits per heavy atom. The minimum atomic E-state index is 0.193. The Balaban J connectivity index is 1.47. The zero-order chi connectivity index (χ0) is 20.4. The van der Waals surface area contributed by atoms with Crippen molar-refractivity contribution in [1.82, 2.24) is 9.88 Å². The SMILES string of the molecule is Cc1cncc(C2=CCC3C4CCC5=CN(C)C(=O)CC[C@]5(C)C4CC[C@]23C)c1. The van der Waals surface area contributed by atoms with Crippen LogP contribution < -0.4 is 0 Å². The van der Waals surface area contributed by atoms with E-state index in [9.17, 15) is 4.79 Å². The molecule has 0 spiro atoms. The van der Waals surface area contributed by atoms with E-state index in [1.807, 2.05) is 18.1 Å². The molecule has 1 amide bonds. The minimum Gasteiger partial charge on any atom is -0.322 e. The highest BCUT2D eigenvalue weighted by Crippen LogP contribution is 2.66. The van der Waals surface area contributed by atoms with Gasteiger partial charge in [0.1, 0.15) is 0 Å². The van der Waals surface area contributed by atoms with E-state index in [0.717, 1.165) is 24.7 Å². The van der Waals surface area contributed by atoms with Gasteiger partial charge in [-0.2, -0.15) is 0 Å². The zero-order valence-electron chi connectivity index (χ0n) is 18.4. The largest absolute Gasteiger partial charge is 0.322 e. The van der Waals surface area contributed by atoms with Crippen molar-refractivity contribution in [2.45, 2.75) is 65.7 Å². The van der Waals surface area contributed by atoms with Crippen LogP contribution in [0, 0.1) is 35.5 Å². The van der Waals surface area contributed by atoms with Crippen molar-refractivity contribution in [3.63, 3.8) is 0 Å². The fraction of sp³-hybridized carbons (Fsp3) is 0.615. The van der Waals surface area contributed by atoms with E-state index in [-0.39, 0.29) is 16.7 Å². The lowest BCUT2D eigenvalue weighted by Crippen LogP contribution is -2.48. The molecule has 1 aromatic rings. The first-order valence-corrected chi connectivity index (χ1v) is 11.4. The fourth-order valence-corrected chi connectivity index (χ4v) is 7.45. The van der Waals surface area contributed by atoms with Gasteiger partial charge in [-0.1, -0.05) is 19.9 Å². The van der Waals surface area contributed by atoms with Gasteiger partial charge in [-0.25, -0.2) is 0 Å². The number of amides is 1. The van der Waals surface area contributed by atoms with Gasteiger partial charge < -0.3 is 4.90 Å². The van der Waals surface area contributed by atoms with Crippen molar-refractivity contribution in [2.75, 3.05) is 7.05 Å². The normalized spacial score (nSPS) is 39.1. The molecule has 1 aliphatic heterocycles. The Morgan fingerprint density at radius 1 is 1.07 bits per heavy atom. The lowest BCUT2D eigenvalue weighted by atomic mass is 9.47. The van der Waals surface area contributed by atoms with Crippen LogP contribution in [0.5, 0.6) is 0 Å². The molecule has 0 radical (unpaired) electrons. The van der Waals surface area contributed by atoms with E-state index in [4.69, 9.17) is 0 Å². The maximum atomic E-state index is 12.4. The molecule has 2 saturated carbocycles. The molecule has 0 saturated heterocycles.